The third-order valence-corrected chi connectivity index (χ3v) is 6.23. The molecular formula is C26H28ClN7O3. The third-order valence-electron chi connectivity index (χ3n) is 6.00. The SMILES string of the molecule is Cc1cc(C)nc(/N=C(\NC(=O)Nc2cccc(Cl)c2)N2CCN(Cc3ccc4c(c3)OCO4)CC2)n1. The van der Waals surface area contributed by atoms with Gasteiger partial charge in [0.1, 0.15) is 0 Å². The number of aryl methyl sites for hydroxylation is 2. The van der Waals surface area contributed by atoms with Gasteiger partial charge in [-0.1, -0.05) is 23.7 Å². The number of aliphatic imine (C=N–C) groups is 1. The van der Waals surface area contributed by atoms with Gasteiger partial charge < -0.3 is 19.7 Å². The number of aromatic nitrogens is 2. The van der Waals surface area contributed by atoms with Crippen LogP contribution in [0.4, 0.5) is 16.4 Å². The Kier molecular flexibility index (Phi) is 7.38. The van der Waals surface area contributed by atoms with Crippen molar-refractivity contribution in [1.29, 1.82) is 0 Å². The number of nitrogens with zero attached hydrogens (tertiary/aromatic N) is 5. The third kappa shape index (κ3) is 6.46. The second-order valence-corrected chi connectivity index (χ2v) is 9.36. The maximum absolute atomic E-state index is 12.9. The van der Waals surface area contributed by atoms with E-state index in [-0.39, 0.29) is 6.79 Å². The van der Waals surface area contributed by atoms with Crippen LogP contribution in [0.25, 0.3) is 0 Å². The summed E-state index contributed by atoms with van der Waals surface area (Å²) < 4.78 is 10.9. The Hall–Kier alpha value is -3.89. The Morgan fingerprint density at radius 2 is 1.76 bits per heavy atom. The maximum atomic E-state index is 12.9. The minimum absolute atomic E-state index is 0.266. The first-order chi connectivity index (χ1) is 17.9. The number of guanidine groups is 1. The molecule has 2 aliphatic heterocycles. The molecule has 3 aromatic rings. The Morgan fingerprint density at radius 3 is 2.51 bits per heavy atom. The molecule has 192 valence electrons. The molecule has 5 rings (SSSR count). The van der Waals surface area contributed by atoms with Gasteiger partial charge in [0.05, 0.1) is 0 Å². The summed E-state index contributed by atoms with van der Waals surface area (Å²) in [7, 11) is 0. The standard InChI is InChI=1S/C26H28ClN7O3/c1-17-12-18(2)29-24(28-17)31-25(32-26(35)30-21-5-3-4-20(27)14-21)34-10-8-33(9-11-34)15-19-6-7-22-23(13-19)37-16-36-22/h3-7,12-14H,8-11,15-16H2,1-2H3,(H2,28,29,30,31,32,35). The first-order valence-corrected chi connectivity index (χ1v) is 12.4. The number of benzene rings is 2. The number of rotatable bonds is 4. The number of carbonyl (C=O) groups excluding carboxylic acids is 1. The largest absolute Gasteiger partial charge is 0.454 e. The smallest absolute Gasteiger partial charge is 0.326 e. The van der Waals surface area contributed by atoms with E-state index in [0.29, 0.717) is 35.7 Å². The number of carbonyl (C=O) groups is 1. The molecule has 0 atom stereocenters. The van der Waals surface area contributed by atoms with E-state index >= 15 is 0 Å². The zero-order chi connectivity index (χ0) is 25.8. The number of piperazine rings is 1. The summed E-state index contributed by atoms with van der Waals surface area (Å²) in [6, 6.07) is 14.5. The second kappa shape index (κ2) is 11.0. The minimum Gasteiger partial charge on any atom is -0.454 e. The fourth-order valence-electron chi connectivity index (χ4n) is 4.28. The zero-order valence-corrected chi connectivity index (χ0v) is 21.5. The van der Waals surface area contributed by atoms with Crippen molar-refractivity contribution >= 4 is 35.2 Å². The van der Waals surface area contributed by atoms with Crippen molar-refractivity contribution in [3.05, 3.63) is 70.5 Å². The summed E-state index contributed by atoms with van der Waals surface area (Å²) in [4.78, 5) is 30.7. The Morgan fingerprint density at radius 1 is 1.00 bits per heavy atom. The van der Waals surface area contributed by atoms with E-state index in [2.05, 4.69) is 36.6 Å². The molecule has 2 N–H and O–H groups in total. The summed E-state index contributed by atoms with van der Waals surface area (Å²) in [6.45, 7) is 7.76. The molecule has 1 fully saturated rings. The summed E-state index contributed by atoms with van der Waals surface area (Å²) in [6.07, 6.45) is 0. The van der Waals surface area contributed by atoms with Crippen LogP contribution in [0, 0.1) is 13.8 Å². The van der Waals surface area contributed by atoms with Gasteiger partial charge in [-0.05, 0) is 55.8 Å². The number of nitrogens with one attached hydrogen (secondary N) is 2. The highest BCUT2D eigenvalue weighted by Crippen LogP contribution is 2.32. The van der Waals surface area contributed by atoms with E-state index in [9.17, 15) is 4.79 Å². The molecule has 0 unspecified atom stereocenters. The van der Waals surface area contributed by atoms with Gasteiger partial charge in [0.2, 0.25) is 12.8 Å². The van der Waals surface area contributed by atoms with Gasteiger partial charge in [0.15, 0.2) is 11.5 Å². The number of ether oxygens (including phenoxy) is 2. The van der Waals surface area contributed by atoms with E-state index < -0.39 is 6.03 Å². The van der Waals surface area contributed by atoms with Gasteiger partial charge in [0.25, 0.3) is 5.95 Å². The van der Waals surface area contributed by atoms with Gasteiger partial charge in [-0.15, -0.1) is 0 Å². The van der Waals surface area contributed by atoms with Crippen molar-refractivity contribution in [2.75, 3.05) is 38.3 Å². The topological polar surface area (TPSA) is 104 Å². The van der Waals surface area contributed by atoms with Crippen LogP contribution >= 0.6 is 11.6 Å². The van der Waals surface area contributed by atoms with Crippen molar-refractivity contribution in [1.82, 2.24) is 25.1 Å². The van der Waals surface area contributed by atoms with Crippen molar-refractivity contribution in [3.8, 4) is 11.5 Å². The molecule has 0 radical (unpaired) electrons. The van der Waals surface area contributed by atoms with Gasteiger partial charge in [-0.25, -0.2) is 14.8 Å². The van der Waals surface area contributed by atoms with E-state index in [1.807, 2.05) is 36.9 Å². The first-order valence-electron chi connectivity index (χ1n) is 12.0. The van der Waals surface area contributed by atoms with Crippen LogP contribution in [-0.4, -0.2) is 64.7 Å². The van der Waals surface area contributed by atoms with Crippen LogP contribution in [0.15, 0.2) is 53.5 Å². The highest BCUT2D eigenvalue weighted by molar-refractivity contribution is 6.30. The highest BCUT2D eigenvalue weighted by Gasteiger charge is 2.23. The van der Waals surface area contributed by atoms with Gasteiger partial charge >= 0.3 is 6.03 Å². The molecule has 37 heavy (non-hydrogen) atoms. The molecule has 0 bridgehead atoms. The van der Waals surface area contributed by atoms with E-state index in [4.69, 9.17) is 21.1 Å². The molecule has 10 nitrogen and oxygen atoms in total. The van der Waals surface area contributed by atoms with Crippen LogP contribution in [0.5, 0.6) is 11.5 Å². The first kappa shape index (κ1) is 24.8. The highest BCUT2D eigenvalue weighted by atomic mass is 35.5. The molecule has 1 aromatic heterocycles. The lowest BCUT2D eigenvalue weighted by atomic mass is 10.1. The number of amides is 2. The fraction of sp³-hybridized carbons (Fsp3) is 0.308. The molecule has 2 aromatic carbocycles. The lowest BCUT2D eigenvalue weighted by Crippen LogP contribution is -2.53. The molecule has 3 heterocycles. The van der Waals surface area contributed by atoms with Gasteiger partial charge in [-0.3, -0.25) is 10.2 Å². The van der Waals surface area contributed by atoms with Crippen molar-refractivity contribution < 1.29 is 14.3 Å². The lowest BCUT2D eigenvalue weighted by Gasteiger charge is -2.36. The average molecular weight is 522 g/mol. The molecule has 1 saturated heterocycles. The van der Waals surface area contributed by atoms with Gasteiger partial charge in [0, 0.05) is 54.8 Å². The summed E-state index contributed by atoms with van der Waals surface area (Å²) in [5, 5.41) is 6.23. The quantitative estimate of drug-likeness (QED) is 0.393. The Bertz CT molecular complexity index is 1310. The number of fused-ring (bicyclic) bond motifs is 1. The number of hydrogen-bond donors (Lipinski definition) is 2. The molecule has 0 aliphatic carbocycles. The van der Waals surface area contributed by atoms with Crippen LogP contribution in [-0.2, 0) is 6.54 Å². The monoisotopic (exact) mass is 521 g/mol. The molecule has 0 saturated carbocycles. The van der Waals surface area contributed by atoms with Crippen molar-refractivity contribution in [2.24, 2.45) is 4.99 Å². The predicted octanol–water partition coefficient (Wildman–Crippen LogP) is 4.10. The molecule has 2 amide bonds. The number of hydrogen-bond acceptors (Lipinski definition) is 7. The Balaban J connectivity index is 1.28. The number of halogens is 1. The molecule has 0 spiro atoms. The van der Waals surface area contributed by atoms with Crippen LogP contribution in [0.3, 0.4) is 0 Å². The van der Waals surface area contributed by atoms with Crippen LogP contribution < -0.4 is 20.1 Å². The van der Waals surface area contributed by atoms with Crippen LogP contribution in [0.1, 0.15) is 17.0 Å². The predicted molar refractivity (Wildman–Crippen MR) is 142 cm³/mol. The van der Waals surface area contributed by atoms with E-state index in [0.717, 1.165) is 48.1 Å². The summed E-state index contributed by atoms with van der Waals surface area (Å²) >= 11 is 6.05. The summed E-state index contributed by atoms with van der Waals surface area (Å²) in [5.41, 5.74) is 3.36. The minimum atomic E-state index is -0.423. The molecule has 2 aliphatic rings. The second-order valence-electron chi connectivity index (χ2n) is 8.93. The van der Waals surface area contributed by atoms with E-state index in [1.54, 1.807) is 24.3 Å². The van der Waals surface area contributed by atoms with Crippen LogP contribution in [0.2, 0.25) is 5.02 Å². The summed E-state index contributed by atoms with van der Waals surface area (Å²) in [5.74, 6) is 2.27. The van der Waals surface area contributed by atoms with Crippen molar-refractivity contribution in [3.63, 3.8) is 0 Å². The average Bonchev–Trinajstić information content (AvgIpc) is 3.31. The maximum Gasteiger partial charge on any atom is 0.326 e. The Labute approximate surface area is 220 Å². The molecular weight excluding hydrogens is 494 g/mol. The molecule has 11 heteroatoms. The lowest BCUT2D eigenvalue weighted by molar-refractivity contribution is 0.171. The number of anilines is 1. The van der Waals surface area contributed by atoms with E-state index in [1.165, 1.54) is 0 Å². The number of urea groups is 1. The van der Waals surface area contributed by atoms with Gasteiger partial charge in [-0.2, -0.15) is 4.99 Å². The fourth-order valence-corrected chi connectivity index (χ4v) is 4.47. The zero-order valence-electron chi connectivity index (χ0n) is 20.7. The normalized spacial score (nSPS) is 15.5. The van der Waals surface area contributed by atoms with Crippen molar-refractivity contribution in [2.45, 2.75) is 20.4 Å².